The number of aromatic nitrogens is 2. The number of halogens is 1. The zero-order valence-electron chi connectivity index (χ0n) is 13.3. The summed E-state index contributed by atoms with van der Waals surface area (Å²) in [6.07, 6.45) is 1.87. The van der Waals surface area contributed by atoms with Gasteiger partial charge in [-0.1, -0.05) is 41.5 Å². The summed E-state index contributed by atoms with van der Waals surface area (Å²) in [5, 5.41) is 2.67. The van der Waals surface area contributed by atoms with Crippen LogP contribution in [0, 0.1) is 0 Å². The zero-order chi connectivity index (χ0) is 15.1. The molecule has 0 aliphatic carbocycles. The Morgan fingerprint density at radius 1 is 1.00 bits per heavy atom. The van der Waals surface area contributed by atoms with Gasteiger partial charge in [0.25, 0.3) is 0 Å². The summed E-state index contributed by atoms with van der Waals surface area (Å²) in [5.41, 5.74) is 3.14. The van der Waals surface area contributed by atoms with E-state index in [-0.39, 0.29) is 0 Å². The van der Waals surface area contributed by atoms with Gasteiger partial charge >= 0.3 is 0 Å². The van der Waals surface area contributed by atoms with E-state index in [1.807, 2.05) is 6.20 Å². The Kier molecular flexibility index (Phi) is 4.45. The predicted octanol–water partition coefficient (Wildman–Crippen LogP) is 5.21. The summed E-state index contributed by atoms with van der Waals surface area (Å²) < 4.78 is 1.04. The molecule has 0 saturated carbocycles. The van der Waals surface area contributed by atoms with Crippen LogP contribution in [0.15, 0.2) is 22.8 Å². The number of pyridine rings is 1. The maximum absolute atomic E-state index is 4.51. The van der Waals surface area contributed by atoms with Crippen molar-refractivity contribution in [1.29, 1.82) is 0 Å². The van der Waals surface area contributed by atoms with Crippen LogP contribution in [0.5, 0.6) is 0 Å². The minimum atomic E-state index is -1.62. The third-order valence-corrected chi connectivity index (χ3v) is 12.1. The molecule has 0 radical (unpaired) electrons. The van der Waals surface area contributed by atoms with E-state index in [9.17, 15) is 0 Å². The molecule has 2 aromatic rings. The van der Waals surface area contributed by atoms with Crippen molar-refractivity contribution in [3.05, 3.63) is 22.8 Å². The minimum Gasteiger partial charge on any atom is -0.347 e. The lowest BCUT2D eigenvalue weighted by molar-refractivity contribution is 0.832. The van der Waals surface area contributed by atoms with Crippen LogP contribution in [0.1, 0.15) is 41.5 Å². The molecule has 2 heterocycles. The quantitative estimate of drug-likeness (QED) is 0.751. The van der Waals surface area contributed by atoms with Gasteiger partial charge in [-0.2, -0.15) is 0 Å². The highest BCUT2D eigenvalue weighted by molar-refractivity contribution is 9.10. The number of H-pyrrole nitrogens is 1. The van der Waals surface area contributed by atoms with E-state index in [1.54, 1.807) is 0 Å². The molecule has 1 N–H and O–H groups in total. The van der Waals surface area contributed by atoms with Gasteiger partial charge < -0.3 is 4.98 Å². The topological polar surface area (TPSA) is 28.7 Å². The maximum atomic E-state index is 4.51. The SMILES string of the molecule is CC(C)[Si](c1cc2cc(Br)cnc2[nH]1)(C(C)C)C(C)C. The standard InChI is InChI=1S/C16H25BrN2Si/c1-10(2)20(11(3)4,12(5)6)15-8-13-7-14(17)9-18-16(13)19-15/h7-12H,1-6H3,(H,18,19). The number of fused-ring (bicyclic) bond motifs is 1. The molecule has 20 heavy (non-hydrogen) atoms. The molecule has 0 spiro atoms. The van der Waals surface area contributed by atoms with Crippen LogP contribution in [0.4, 0.5) is 0 Å². The van der Waals surface area contributed by atoms with Crippen molar-refractivity contribution in [2.75, 3.05) is 0 Å². The summed E-state index contributed by atoms with van der Waals surface area (Å²) in [6, 6.07) is 4.50. The fourth-order valence-corrected chi connectivity index (χ4v) is 11.1. The summed E-state index contributed by atoms with van der Waals surface area (Å²) in [7, 11) is -1.62. The van der Waals surface area contributed by atoms with Crippen molar-refractivity contribution in [2.45, 2.75) is 58.2 Å². The van der Waals surface area contributed by atoms with Gasteiger partial charge in [0.2, 0.25) is 0 Å². The molecule has 2 nitrogen and oxygen atoms in total. The van der Waals surface area contributed by atoms with Gasteiger partial charge in [-0.05, 0) is 44.7 Å². The average molecular weight is 353 g/mol. The molecule has 0 amide bonds. The van der Waals surface area contributed by atoms with Gasteiger partial charge in [0.15, 0.2) is 0 Å². The Labute approximate surface area is 131 Å². The van der Waals surface area contributed by atoms with Crippen molar-refractivity contribution < 1.29 is 0 Å². The predicted molar refractivity (Wildman–Crippen MR) is 94.5 cm³/mol. The smallest absolute Gasteiger partial charge is 0.137 e. The van der Waals surface area contributed by atoms with Gasteiger partial charge in [0.05, 0.1) is 0 Å². The number of nitrogens with one attached hydrogen (secondary N) is 1. The molecule has 0 unspecified atom stereocenters. The molecule has 0 aromatic carbocycles. The van der Waals surface area contributed by atoms with Crippen LogP contribution in [0.3, 0.4) is 0 Å². The first-order valence-electron chi connectivity index (χ1n) is 7.44. The van der Waals surface area contributed by atoms with E-state index in [0.717, 1.165) is 10.1 Å². The fourth-order valence-electron chi connectivity index (χ4n) is 4.15. The lowest BCUT2D eigenvalue weighted by atomic mass is 10.3. The second kappa shape index (κ2) is 5.64. The van der Waals surface area contributed by atoms with Crippen molar-refractivity contribution in [3.8, 4) is 0 Å². The largest absolute Gasteiger partial charge is 0.347 e. The first-order chi connectivity index (χ1) is 9.30. The Balaban J connectivity index is 2.68. The third-order valence-electron chi connectivity index (χ3n) is 4.77. The number of hydrogen-bond donors (Lipinski definition) is 1. The highest BCUT2D eigenvalue weighted by atomic mass is 79.9. The van der Waals surface area contributed by atoms with Crippen LogP contribution in [-0.2, 0) is 0 Å². The number of hydrogen-bond acceptors (Lipinski definition) is 1. The Bertz CT molecular complexity index is 580. The summed E-state index contributed by atoms with van der Waals surface area (Å²) in [4.78, 5) is 8.15. The second-order valence-electron chi connectivity index (χ2n) is 6.67. The van der Waals surface area contributed by atoms with Gasteiger partial charge in [-0.3, -0.25) is 0 Å². The van der Waals surface area contributed by atoms with Crippen molar-refractivity contribution in [2.24, 2.45) is 0 Å². The van der Waals surface area contributed by atoms with Crippen molar-refractivity contribution >= 4 is 40.4 Å². The lowest BCUT2D eigenvalue weighted by Crippen LogP contribution is -2.56. The van der Waals surface area contributed by atoms with Crippen LogP contribution < -0.4 is 5.32 Å². The first kappa shape index (κ1) is 15.8. The van der Waals surface area contributed by atoms with Crippen LogP contribution >= 0.6 is 15.9 Å². The highest BCUT2D eigenvalue weighted by Crippen LogP contribution is 2.41. The first-order valence-corrected chi connectivity index (χ1v) is 10.5. The average Bonchev–Trinajstić information content (AvgIpc) is 2.70. The van der Waals surface area contributed by atoms with Gasteiger partial charge in [0.1, 0.15) is 13.7 Å². The van der Waals surface area contributed by atoms with E-state index in [1.165, 1.54) is 10.7 Å². The Hall–Kier alpha value is -0.613. The van der Waals surface area contributed by atoms with Crippen LogP contribution in [0.25, 0.3) is 11.0 Å². The van der Waals surface area contributed by atoms with E-state index >= 15 is 0 Å². The molecular formula is C16H25BrN2Si. The van der Waals surface area contributed by atoms with Crippen LogP contribution in [0.2, 0.25) is 16.6 Å². The second-order valence-corrected chi connectivity index (χ2v) is 13.5. The molecular weight excluding hydrogens is 328 g/mol. The lowest BCUT2D eigenvalue weighted by Gasteiger charge is -2.42. The third kappa shape index (κ3) is 2.37. The molecule has 0 bridgehead atoms. The number of aromatic amines is 1. The normalized spacial score (nSPS) is 13.1. The van der Waals surface area contributed by atoms with Gasteiger partial charge in [-0.25, -0.2) is 4.98 Å². The number of rotatable bonds is 4. The Morgan fingerprint density at radius 3 is 2.05 bits per heavy atom. The Morgan fingerprint density at radius 2 is 1.55 bits per heavy atom. The molecule has 2 aromatic heterocycles. The van der Waals surface area contributed by atoms with E-state index in [2.05, 4.69) is 79.6 Å². The summed E-state index contributed by atoms with van der Waals surface area (Å²) in [5.74, 6) is 0. The van der Waals surface area contributed by atoms with Gasteiger partial charge in [-0.15, -0.1) is 0 Å². The summed E-state index contributed by atoms with van der Waals surface area (Å²) in [6.45, 7) is 14.3. The van der Waals surface area contributed by atoms with Crippen LogP contribution in [-0.4, -0.2) is 18.0 Å². The van der Waals surface area contributed by atoms with Crippen molar-refractivity contribution in [1.82, 2.24) is 9.97 Å². The number of nitrogens with zero attached hydrogens (tertiary/aromatic N) is 1. The maximum Gasteiger partial charge on any atom is 0.137 e. The molecule has 0 atom stereocenters. The molecule has 0 saturated heterocycles. The molecule has 2 rings (SSSR count). The molecule has 0 aliphatic heterocycles. The molecule has 0 aliphatic rings. The highest BCUT2D eigenvalue weighted by Gasteiger charge is 2.45. The molecule has 110 valence electrons. The van der Waals surface area contributed by atoms with Gasteiger partial charge in [0, 0.05) is 21.4 Å². The van der Waals surface area contributed by atoms with Crippen molar-refractivity contribution in [3.63, 3.8) is 0 Å². The molecule has 0 fully saturated rings. The van der Waals surface area contributed by atoms with E-state index < -0.39 is 8.07 Å². The monoisotopic (exact) mass is 352 g/mol. The molecule has 4 heteroatoms. The van der Waals surface area contributed by atoms with E-state index in [0.29, 0.717) is 16.6 Å². The zero-order valence-corrected chi connectivity index (χ0v) is 15.9. The minimum absolute atomic E-state index is 0.707. The fraction of sp³-hybridized carbons (Fsp3) is 0.562. The van der Waals surface area contributed by atoms with E-state index in [4.69, 9.17) is 0 Å². The summed E-state index contributed by atoms with van der Waals surface area (Å²) >= 11 is 3.51.